The molecule has 0 fully saturated rings. The van der Waals surface area contributed by atoms with Crippen molar-refractivity contribution >= 4 is 5.97 Å². The summed E-state index contributed by atoms with van der Waals surface area (Å²) in [4.78, 5) is 10.2. The third kappa shape index (κ3) is 1.88. The van der Waals surface area contributed by atoms with E-state index in [9.17, 15) is 4.79 Å². The summed E-state index contributed by atoms with van der Waals surface area (Å²) in [5.41, 5.74) is 0.292. The minimum Gasteiger partial charge on any atom is -0.508 e. The Bertz CT molecular complexity index is 306. The molecule has 64 valence electrons. The predicted octanol–water partition coefficient (Wildman–Crippen LogP) is 0.725. The monoisotopic (exact) mass is 168 g/mol. The van der Waals surface area contributed by atoms with Gasteiger partial charge in [0.1, 0.15) is 11.5 Å². The molecule has 1 rings (SSSR count). The first-order chi connectivity index (χ1) is 5.59. The second kappa shape index (κ2) is 3.13. The number of aromatic hydroxyl groups is 2. The summed E-state index contributed by atoms with van der Waals surface area (Å²) in [7, 11) is 0. The number of aliphatic carboxylic acids is 1. The van der Waals surface area contributed by atoms with E-state index in [2.05, 4.69) is 0 Å². The zero-order valence-electron chi connectivity index (χ0n) is 6.19. The molecule has 0 saturated carbocycles. The Morgan fingerprint density at radius 3 is 2.50 bits per heavy atom. The largest absolute Gasteiger partial charge is 0.508 e. The molecule has 0 heterocycles. The normalized spacial score (nSPS) is 9.67. The summed E-state index contributed by atoms with van der Waals surface area (Å²) >= 11 is 0. The molecule has 0 aliphatic heterocycles. The van der Waals surface area contributed by atoms with Gasteiger partial charge >= 0.3 is 5.97 Å². The number of phenolic OH excluding ortho intramolecular Hbond substituents is 2. The van der Waals surface area contributed by atoms with E-state index in [0.29, 0.717) is 5.56 Å². The smallest absolute Gasteiger partial charge is 0.307 e. The van der Waals surface area contributed by atoms with Gasteiger partial charge in [-0.3, -0.25) is 4.79 Å². The standard InChI is InChI=1S/C8H8O4/c9-6-2-1-5(3-8(11)12)7(10)4-6/h1-2,4,9-10H,3H2,(H,11,12). The Balaban J connectivity index is 2.93. The lowest BCUT2D eigenvalue weighted by atomic mass is 10.1. The van der Waals surface area contributed by atoms with Crippen LogP contribution in [0.4, 0.5) is 0 Å². The van der Waals surface area contributed by atoms with Crippen LogP contribution in [0, 0.1) is 0 Å². The van der Waals surface area contributed by atoms with Gasteiger partial charge in [-0.2, -0.15) is 0 Å². The molecule has 0 unspecified atom stereocenters. The van der Waals surface area contributed by atoms with Crippen molar-refractivity contribution < 1.29 is 20.1 Å². The van der Waals surface area contributed by atoms with Crippen LogP contribution < -0.4 is 0 Å². The topological polar surface area (TPSA) is 77.8 Å². The lowest BCUT2D eigenvalue weighted by Gasteiger charge is -2.00. The summed E-state index contributed by atoms with van der Waals surface area (Å²) in [5, 5.41) is 26.4. The second-order valence-corrected chi connectivity index (χ2v) is 2.38. The molecule has 4 heteroatoms. The first-order valence-electron chi connectivity index (χ1n) is 3.32. The molecule has 12 heavy (non-hydrogen) atoms. The molecular formula is C8H8O4. The molecule has 0 aliphatic carbocycles. The van der Waals surface area contributed by atoms with E-state index in [1.54, 1.807) is 0 Å². The maximum absolute atomic E-state index is 10.2. The van der Waals surface area contributed by atoms with E-state index in [1.807, 2.05) is 0 Å². The van der Waals surface area contributed by atoms with E-state index in [0.717, 1.165) is 6.07 Å². The van der Waals surface area contributed by atoms with Gasteiger partial charge in [0.05, 0.1) is 6.42 Å². The van der Waals surface area contributed by atoms with Crippen molar-refractivity contribution in [3.05, 3.63) is 23.8 Å². The molecule has 0 amide bonds. The first-order valence-corrected chi connectivity index (χ1v) is 3.32. The van der Waals surface area contributed by atoms with Gasteiger partial charge in [0.25, 0.3) is 0 Å². The number of benzene rings is 1. The van der Waals surface area contributed by atoms with Crippen LogP contribution in [0.1, 0.15) is 5.56 Å². The van der Waals surface area contributed by atoms with Crippen LogP contribution in [0.3, 0.4) is 0 Å². The van der Waals surface area contributed by atoms with Gasteiger partial charge in [0.2, 0.25) is 0 Å². The Morgan fingerprint density at radius 1 is 1.33 bits per heavy atom. The SMILES string of the molecule is O=C(O)Cc1ccc(O)cc1O. The fourth-order valence-corrected chi connectivity index (χ4v) is 0.865. The molecule has 1 aromatic carbocycles. The highest BCUT2D eigenvalue weighted by atomic mass is 16.4. The third-order valence-electron chi connectivity index (χ3n) is 1.41. The van der Waals surface area contributed by atoms with Crippen LogP contribution in [-0.2, 0) is 11.2 Å². The fourth-order valence-electron chi connectivity index (χ4n) is 0.865. The fraction of sp³-hybridized carbons (Fsp3) is 0.125. The molecule has 4 nitrogen and oxygen atoms in total. The summed E-state index contributed by atoms with van der Waals surface area (Å²) in [6.45, 7) is 0. The average Bonchev–Trinajstić information content (AvgIpc) is 1.94. The maximum Gasteiger partial charge on any atom is 0.307 e. The van der Waals surface area contributed by atoms with Crippen molar-refractivity contribution in [3.63, 3.8) is 0 Å². The number of phenols is 2. The van der Waals surface area contributed by atoms with E-state index in [-0.39, 0.29) is 17.9 Å². The number of carboxylic acids is 1. The molecule has 1 aromatic rings. The second-order valence-electron chi connectivity index (χ2n) is 2.38. The number of hydrogen-bond acceptors (Lipinski definition) is 3. The van der Waals surface area contributed by atoms with Crippen molar-refractivity contribution in [1.82, 2.24) is 0 Å². The highest BCUT2D eigenvalue weighted by Gasteiger charge is 2.05. The molecule has 0 aliphatic rings. The highest BCUT2D eigenvalue weighted by molar-refractivity contribution is 5.71. The molecule has 0 radical (unpaired) electrons. The minimum atomic E-state index is -1.02. The quantitative estimate of drug-likeness (QED) is 0.608. The number of carboxylic acid groups (broad SMARTS) is 1. The van der Waals surface area contributed by atoms with Crippen molar-refractivity contribution in [2.45, 2.75) is 6.42 Å². The van der Waals surface area contributed by atoms with Crippen molar-refractivity contribution in [2.75, 3.05) is 0 Å². The summed E-state index contributed by atoms with van der Waals surface area (Å²) in [6, 6.07) is 3.81. The molecule has 0 spiro atoms. The number of carbonyl (C=O) groups is 1. The molecule has 3 N–H and O–H groups in total. The van der Waals surface area contributed by atoms with E-state index in [4.69, 9.17) is 15.3 Å². The molecule has 0 bridgehead atoms. The lowest BCUT2D eigenvalue weighted by Crippen LogP contribution is -1.99. The Labute approximate surface area is 68.7 Å². The highest BCUT2D eigenvalue weighted by Crippen LogP contribution is 2.22. The maximum atomic E-state index is 10.2. The summed E-state index contributed by atoms with van der Waals surface area (Å²) in [5.74, 6) is -1.30. The van der Waals surface area contributed by atoms with Crippen LogP contribution >= 0.6 is 0 Å². The zero-order valence-corrected chi connectivity index (χ0v) is 6.19. The van der Waals surface area contributed by atoms with Gasteiger partial charge in [0, 0.05) is 11.6 Å². The van der Waals surface area contributed by atoms with Gasteiger partial charge in [-0.15, -0.1) is 0 Å². The van der Waals surface area contributed by atoms with Crippen LogP contribution in [0.15, 0.2) is 18.2 Å². The Kier molecular flexibility index (Phi) is 2.19. The zero-order chi connectivity index (χ0) is 9.14. The Morgan fingerprint density at radius 2 is 2.00 bits per heavy atom. The van der Waals surface area contributed by atoms with Gasteiger partial charge in [-0.05, 0) is 6.07 Å². The summed E-state index contributed by atoms with van der Waals surface area (Å²) < 4.78 is 0. The van der Waals surface area contributed by atoms with Crippen LogP contribution in [0.5, 0.6) is 11.5 Å². The van der Waals surface area contributed by atoms with Crippen molar-refractivity contribution in [3.8, 4) is 11.5 Å². The van der Waals surface area contributed by atoms with E-state index < -0.39 is 5.97 Å². The third-order valence-corrected chi connectivity index (χ3v) is 1.41. The van der Waals surface area contributed by atoms with Crippen LogP contribution in [-0.4, -0.2) is 21.3 Å². The lowest BCUT2D eigenvalue weighted by molar-refractivity contribution is -0.136. The number of rotatable bonds is 2. The molecule has 0 saturated heterocycles. The summed E-state index contributed by atoms with van der Waals surface area (Å²) in [6.07, 6.45) is -0.244. The van der Waals surface area contributed by atoms with Gasteiger partial charge in [-0.1, -0.05) is 6.07 Å². The van der Waals surface area contributed by atoms with Gasteiger partial charge < -0.3 is 15.3 Å². The van der Waals surface area contributed by atoms with E-state index >= 15 is 0 Å². The predicted molar refractivity (Wildman–Crippen MR) is 41.1 cm³/mol. The molecule has 0 aromatic heterocycles. The van der Waals surface area contributed by atoms with Crippen LogP contribution in [0.25, 0.3) is 0 Å². The van der Waals surface area contributed by atoms with Crippen molar-refractivity contribution in [2.24, 2.45) is 0 Å². The average molecular weight is 168 g/mol. The van der Waals surface area contributed by atoms with E-state index in [1.165, 1.54) is 12.1 Å². The van der Waals surface area contributed by atoms with Crippen LogP contribution in [0.2, 0.25) is 0 Å². The molecule has 0 atom stereocenters. The number of hydrogen-bond donors (Lipinski definition) is 3. The Hall–Kier alpha value is -1.71. The molecular weight excluding hydrogens is 160 g/mol. The van der Waals surface area contributed by atoms with Gasteiger partial charge in [0.15, 0.2) is 0 Å². The minimum absolute atomic E-state index is 0.0818. The van der Waals surface area contributed by atoms with Gasteiger partial charge in [-0.25, -0.2) is 0 Å². The first kappa shape index (κ1) is 8.39. The van der Waals surface area contributed by atoms with Crippen molar-refractivity contribution in [1.29, 1.82) is 0 Å².